The number of amides is 2. The van der Waals surface area contributed by atoms with Gasteiger partial charge in [0.2, 0.25) is 5.91 Å². The lowest BCUT2D eigenvalue weighted by Gasteiger charge is -2.16. The van der Waals surface area contributed by atoms with Gasteiger partial charge in [-0.25, -0.2) is 9.37 Å². The molecular weight excluding hydrogens is 483 g/mol. The molecule has 36 heavy (non-hydrogen) atoms. The van der Waals surface area contributed by atoms with Gasteiger partial charge in [-0.1, -0.05) is 11.8 Å². The predicted molar refractivity (Wildman–Crippen MR) is 134 cm³/mol. The Morgan fingerprint density at radius 2 is 1.86 bits per heavy atom. The van der Waals surface area contributed by atoms with E-state index in [1.165, 1.54) is 35.1 Å². The second-order valence-electron chi connectivity index (χ2n) is 8.38. The molecule has 0 radical (unpaired) electrons. The van der Waals surface area contributed by atoms with Gasteiger partial charge in [0.1, 0.15) is 11.6 Å². The Bertz CT molecular complexity index is 1460. The van der Waals surface area contributed by atoms with Crippen LogP contribution in [0.3, 0.4) is 0 Å². The number of nitrogens with one attached hydrogen (secondary N) is 1. The normalized spacial score (nSPS) is 13.3. The van der Waals surface area contributed by atoms with Crippen molar-refractivity contribution in [1.29, 1.82) is 0 Å². The van der Waals surface area contributed by atoms with Crippen LogP contribution in [0.2, 0.25) is 0 Å². The Balaban J connectivity index is 1.49. The summed E-state index contributed by atoms with van der Waals surface area (Å²) in [4.78, 5) is 45.3. The summed E-state index contributed by atoms with van der Waals surface area (Å²) < 4.78 is 20.2. The van der Waals surface area contributed by atoms with E-state index in [4.69, 9.17) is 4.42 Å². The highest BCUT2D eigenvalue weighted by Crippen LogP contribution is 2.23. The average Bonchev–Trinajstić information content (AvgIpc) is 3.61. The van der Waals surface area contributed by atoms with Crippen LogP contribution in [-0.2, 0) is 11.3 Å². The van der Waals surface area contributed by atoms with Gasteiger partial charge in [-0.3, -0.25) is 19.0 Å². The summed E-state index contributed by atoms with van der Waals surface area (Å²) in [7, 11) is 0. The number of benzene rings is 2. The topological polar surface area (TPSA) is 97.4 Å². The van der Waals surface area contributed by atoms with Crippen molar-refractivity contribution in [3.05, 3.63) is 88.4 Å². The first-order valence-electron chi connectivity index (χ1n) is 11.5. The smallest absolute Gasteiger partial charge is 0.266 e. The predicted octanol–water partition coefficient (Wildman–Crippen LogP) is 3.76. The highest BCUT2D eigenvalue weighted by Gasteiger charge is 2.21. The number of halogens is 1. The molecule has 1 fully saturated rings. The van der Waals surface area contributed by atoms with Crippen molar-refractivity contribution in [2.75, 3.05) is 18.8 Å². The molecule has 10 heteroatoms. The molecule has 1 N–H and O–H groups in total. The van der Waals surface area contributed by atoms with E-state index in [1.807, 2.05) is 0 Å². The van der Waals surface area contributed by atoms with Crippen LogP contribution >= 0.6 is 11.8 Å². The molecule has 0 unspecified atom stereocenters. The van der Waals surface area contributed by atoms with Crippen molar-refractivity contribution in [2.24, 2.45) is 0 Å². The zero-order valence-corrected chi connectivity index (χ0v) is 20.1. The summed E-state index contributed by atoms with van der Waals surface area (Å²) in [5.41, 5.74) is 0.738. The van der Waals surface area contributed by atoms with Gasteiger partial charge in [0.15, 0.2) is 5.16 Å². The Morgan fingerprint density at radius 3 is 2.58 bits per heavy atom. The number of rotatable bonds is 7. The first kappa shape index (κ1) is 23.8. The molecule has 2 aromatic heterocycles. The first-order chi connectivity index (χ1) is 17.5. The number of nitrogens with zero attached hydrogens (tertiary/aromatic N) is 3. The molecule has 0 spiro atoms. The van der Waals surface area contributed by atoms with Gasteiger partial charge in [-0.2, -0.15) is 0 Å². The summed E-state index contributed by atoms with van der Waals surface area (Å²) in [5.74, 6) is -0.0580. The van der Waals surface area contributed by atoms with Crippen molar-refractivity contribution in [3.63, 3.8) is 0 Å². The van der Waals surface area contributed by atoms with Gasteiger partial charge >= 0.3 is 0 Å². The zero-order chi connectivity index (χ0) is 25.1. The van der Waals surface area contributed by atoms with Crippen molar-refractivity contribution in [1.82, 2.24) is 19.8 Å². The summed E-state index contributed by atoms with van der Waals surface area (Å²) in [5, 5.41) is 3.37. The van der Waals surface area contributed by atoms with Crippen LogP contribution in [0.15, 0.2) is 75.2 Å². The van der Waals surface area contributed by atoms with E-state index in [-0.39, 0.29) is 29.7 Å². The van der Waals surface area contributed by atoms with Crippen molar-refractivity contribution >= 4 is 34.5 Å². The fraction of sp³-hybridized carbons (Fsp3) is 0.231. The van der Waals surface area contributed by atoms with Gasteiger partial charge in [-0.15, -0.1) is 0 Å². The summed E-state index contributed by atoms with van der Waals surface area (Å²) >= 11 is 1.15. The number of likely N-dealkylation sites (tertiary alicyclic amines) is 1. The lowest BCUT2D eigenvalue weighted by molar-refractivity contribution is -0.127. The average molecular weight is 507 g/mol. The molecule has 0 atom stereocenters. The quantitative estimate of drug-likeness (QED) is 0.303. The second-order valence-corrected chi connectivity index (χ2v) is 9.32. The molecule has 4 aromatic rings. The monoisotopic (exact) mass is 506 g/mol. The van der Waals surface area contributed by atoms with Crippen LogP contribution in [0.1, 0.15) is 29.0 Å². The highest BCUT2D eigenvalue weighted by molar-refractivity contribution is 7.99. The number of thioether (sulfide) groups is 1. The van der Waals surface area contributed by atoms with E-state index < -0.39 is 5.82 Å². The SMILES string of the molecule is O=C(NCc1ccco1)c1ccc2c(=O)n(-c3ccc(F)cc3)c(SCC(=O)N3CCCC3)nc2c1. The molecule has 8 nitrogen and oxygen atoms in total. The van der Waals surface area contributed by atoms with Crippen molar-refractivity contribution in [3.8, 4) is 5.69 Å². The van der Waals surface area contributed by atoms with Crippen LogP contribution in [0.4, 0.5) is 4.39 Å². The maximum Gasteiger partial charge on any atom is 0.266 e. The standard InChI is InChI=1S/C26H23FN4O4S/c27-18-6-8-19(9-7-18)31-25(34)21-10-5-17(24(33)28-15-20-4-3-13-35-20)14-22(21)29-26(31)36-16-23(32)30-11-1-2-12-30/h3-10,13-14H,1-2,11-12,15-16H2,(H,28,33). The van der Waals surface area contributed by atoms with Gasteiger partial charge in [-0.05, 0) is 67.4 Å². The van der Waals surface area contributed by atoms with Crippen LogP contribution in [0, 0.1) is 5.82 Å². The third-order valence-electron chi connectivity index (χ3n) is 5.97. The van der Waals surface area contributed by atoms with Crippen LogP contribution in [0.25, 0.3) is 16.6 Å². The maximum atomic E-state index is 13.6. The van der Waals surface area contributed by atoms with Gasteiger partial charge in [0, 0.05) is 18.7 Å². The Hall–Kier alpha value is -3.92. The Kier molecular flexibility index (Phi) is 6.86. The molecule has 5 rings (SSSR count). The third-order valence-corrected chi connectivity index (χ3v) is 6.90. The molecule has 1 aliphatic heterocycles. The van der Waals surface area contributed by atoms with Crippen LogP contribution in [0.5, 0.6) is 0 Å². The number of furan rings is 1. The molecule has 1 aliphatic rings. The molecule has 0 bridgehead atoms. The molecule has 2 aromatic carbocycles. The van der Waals surface area contributed by atoms with Gasteiger partial charge < -0.3 is 14.6 Å². The highest BCUT2D eigenvalue weighted by atomic mass is 32.2. The minimum atomic E-state index is -0.427. The summed E-state index contributed by atoms with van der Waals surface area (Å²) in [6.45, 7) is 1.68. The van der Waals surface area contributed by atoms with E-state index in [9.17, 15) is 18.8 Å². The number of hydrogen-bond donors (Lipinski definition) is 1. The van der Waals surface area contributed by atoms with Crippen LogP contribution in [-0.4, -0.2) is 45.1 Å². The number of fused-ring (bicyclic) bond motifs is 1. The number of aromatic nitrogens is 2. The molecule has 2 amide bonds. The Morgan fingerprint density at radius 1 is 1.08 bits per heavy atom. The van der Waals surface area contributed by atoms with E-state index in [2.05, 4.69) is 10.3 Å². The fourth-order valence-electron chi connectivity index (χ4n) is 4.09. The maximum absolute atomic E-state index is 13.6. The summed E-state index contributed by atoms with van der Waals surface area (Å²) in [6.07, 6.45) is 3.49. The van der Waals surface area contributed by atoms with E-state index in [0.29, 0.717) is 33.1 Å². The Labute approximate surface area is 210 Å². The molecule has 1 saturated heterocycles. The molecular formula is C26H23FN4O4S. The van der Waals surface area contributed by atoms with Gasteiger partial charge in [0.25, 0.3) is 11.5 Å². The van der Waals surface area contributed by atoms with Crippen molar-refractivity contribution in [2.45, 2.75) is 24.5 Å². The minimum absolute atomic E-state index is 0.0245. The number of carbonyl (C=O) groups excluding carboxylic acids is 2. The van der Waals surface area contributed by atoms with Crippen molar-refractivity contribution < 1.29 is 18.4 Å². The molecule has 3 heterocycles. The number of hydrogen-bond acceptors (Lipinski definition) is 6. The summed E-state index contributed by atoms with van der Waals surface area (Å²) in [6, 6.07) is 13.7. The lowest BCUT2D eigenvalue weighted by Crippen LogP contribution is -2.30. The zero-order valence-electron chi connectivity index (χ0n) is 19.3. The van der Waals surface area contributed by atoms with E-state index in [0.717, 1.165) is 37.7 Å². The second kappa shape index (κ2) is 10.4. The lowest BCUT2D eigenvalue weighted by atomic mass is 10.1. The molecule has 0 saturated carbocycles. The minimum Gasteiger partial charge on any atom is -0.467 e. The molecule has 0 aliphatic carbocycles. The third kappa shape index (κ3) is 5.03. The van der Waals surface area contributed by atoms with E-state index >= 15 is 0 Å². The largest absolute Gasteiger partial charge is 0.467 e. The number of carbonyl (C=O) groups is 2. The fourth-order valence-corrected chi connectivity index (χ4v) is 5.00. The van der Waals surface area contributed by atoms with Gasteiger partial charge in [0.05, 0.1) is 35.2 Å². The van der Waals surface area contributed by atoms with E-state index in [1.54, 1.807) is 35.2 Å². The van der Waals surface area contributed by atoms with Crippen LogP contribution < -0.4 is 10.9 Å². The molecule has 184 valence electrons. The first-order valence-corrected chi connectivity index (χ1v) is 12.5.